The number of thiocarbonyl (C=S) groups is 1. The van der Waals surface area contributed by atoms with E-state index in [4.69, 9.17) is 10.9 Å². The summed E-state index contributed by atoms with van der Waals surface area (Å²) in [6.45, 7) is -0.00366. The fourth-order valence-corrected chi connectivity index (χ4v) is 0.637. The van der Waals surface area contributed by atoms with E-state index in [-0.39, 0.29) is 30.3 Å². The number of hydrogen-bond acceptors (Lipinski definition) is 4. The number of nitrogens with one attached hydrogen (secondary N) is 2. The van der Waals surface area contributed by atoms with Crippen molar-refractivity contribution in [1.82, 2.24) is 10.7 Å². The quantitative estimate of drug-likeness (QED) is 0.253. The van der Waals surface area contributed by atoms with E-state index in [2.05, 4.69) is 23.0 Å². The Morgan fingerprint density at radius 1 is 1.38 bits per heavy atom. The molecule has 0 atom stereocenters. The lowest BCUT2D eigenvalue weighted by Gasteiger charge is -2.04. The molecule has 0 aliphatic rings. The molecule has 74 valence electrons. The summed E-state index contributed by atoms with van der Waals surface area (Å²) in [5.74, 6) is 3.71. The van der Waals surface area contributed by atoms with Crippen LogP contribution in [-0.4, -0.2) is 28.5 Å². The zero-order valence-electron chi connectivity index (χ0n) is 6.87. The van der Waals surface area contributed by atoms with Gasteiger partial charge in [-0.25, -0.2) is 5.84 Å². The first-order chi connectivity index (χ1) is 6.06. The van der Waals surface area contributed by atoms with Gasteiger partial charge < -0.3 is 15.8 Å². The molecule has 5 N–H and O–H groups in total. The number of hydrogen-bond donors (Lipinski definition) is 4. The first-order valence-corrected chi connectivity index (χ1v) is 3.95. The maximum Gasteiger partial charge on any atom is 0.303 e. The largest absolute Gasteiger partial charge is 0.481 e. The predicted molar refractivity (Wildman–Crippen MR) is 49.8 cm³/mol. The van der Waals surface area contributed by atoms with Gasteiger partial charge in [0, 0.05) is 6.42 Å². The monoisotopic (exact) mass is 205 g/mol. The molecule has 7 heteroatoms. The number of carbonyl (C=O) groups excluding carboxylic acids is 1. The van der Waals surface area contributed by atoms with Gasteiger partial charge in [-0.3, -0.25) is 9.59 Å². The Labute approximate surface area is 80.4 Å². The maximum atomic E-state index is 10.9. The molecular weight excluding hydrogens is 194 g/mol. The van der Waals surface area contributed by atoms with E-state index >= 15 is 0 Å². The van der Waals surface area contributed by atoms with E-state index in [0.717, 1.165) is 0 Å². The van der Waals surface area contributed by atoms with E-state index in [0.29, 0.717) is 0 Å². The number of carbonyl (C=O) groups is 2. The van der Waals surface area contributed by atoms with Gasteiger partial charge in [-0.05, 0) is 12.2 Å². The van der Waals surface area contributed by atoms with E-state index in [9.17, 15) is 9.59 Å². The SMILES string of the molecule is NNC(=S)NCC(=O)CCC(=O)O. The Bertz CT molecular complexity index is 219. The summed E-state index contributed by atoms with van der Waals surface area (Å²) in [5.41, 5.74) is 2.14. The molecule has 0 rings (SSSR count). The van der Waals surface area contributed by atoms with Gasteiger partial charge >= 0.3 is 5.97 Å². The van der Waals surface area contributed by atoms with Crippen LogP contribution in [0.2, 0.25) is 0 Å². The number of nitrogens with two attached hydrogens (primary N) is 1. The van der Waals surface area contributed by atoms with Crippen LogP contribution in [0.15, 0.2) is 0 Å². The van der Waals surface area contributed by atoms with Gasteiger partial charge in [0.05, 0.1) is 13.0 Å². The zero-order chi connectivity index (χ0) is 10.3. The average molecular weight is 205 g/mol. The Morgan fingerprint density at radius 2 is 2.00 bits per heavy atom. The number of hydrazine groups is 1. The average Bonchev–Trinajstić information content (AvgIpc) is 2.10. The van der Waals surface area contributed by atoms with Gasteiger partial charge in [0.2, 0.25) is 0 Å². The lowest BCUT2D eigenvalue weighted by Crippen LogP contribution is -2.41. The molecule has 0 spiro atoms. The smallest absolute Gasteiger partial charge is 0.303 e. The van der Waals surface area contributed by atoms with E-state index in [1.807, 2.05) is 0 Å². The summed E-state index contributed by atoms with van der Waals surface area (Å²) in [7, 11) is 0. The second-order valence-corrected chi connectivity index (χ2v) is 2.67. The molecule has 0 bridgehead atoms. The van der Waals surface area contributed by atoms with E-state index in [1.165, 1.54) is 0 Å². The van der Waals surface area contributed by atoms with Gasteiger partial charge in [0.1, 0.15) is 0 Å². The number of carboxylic acid groups (broad SMARTS) is 1. The van der Waals surface area contributed by atoms with Crippen LogP contribution < -0.4 is 16.6 Å². The highest BCUT2D eigenvalue weighted by atomic mass is 32.1. The van der Waals surface area contributed by atoms with Gasteiger partial charge in [-0.15, -0.1) is 0 Å². The van der Waals surface area contributed by atoms with Crippen molar-refractivity contribution in [2.24, 2.45) is 5.84 Å². The van der Waals surface area contributed by atoms with Crippen LogP contribution >= 0.6 is 12.2 Å². The van der Waals surface area contributed by atoms with Crippen LogP contribution in [0.1, 0.15) is 12.8 Å². The van der Waals surface area contributed by atoms with Crippen molar-refractivity contribution in [2.45, 2.75) is 12.8 Å². The van der Waals surface area contributed by atoms with Crippen molar-refractivity contribution in [3.63, 3.8) is 0 Å². The molecule has 0 aromatic heterocycles. The third-order valence-corrected chi connectivity index (χ3v) is 1.46. The van der Waals surface area contributed by atoms with Crippen LogP contribution in [0.4, 0.5) is 0 Å². The highest BCUT2D eigenvalue weighted by Gasteiger charge is 2.05. The Hall–Kier alpha value is -1.21. The van der Waals surface area contributed by atoms with Crippen molar-refractivity contribution in [2.75, 3.05) is 6.54 Å². The van der Waals surface area contributed by atoms with Gasteiger partial charge in [-0.1, -0.05) is 0 Å². The topological polar surface area (TPSA) is 104 Å². The molecule has 6 nitrogen and oxygen atoms in total. The first kappa shape index (κ1) is 11.8. The molecule has 0 fully saturated rings. The van der Waals surface area contributed by atoms with E-state index in [1.54, 1.807) is 0 Å². The Morgan fingerprint density at radius 3 is 2.46 bits per heavy atom. The molecule has 0 aromatic carbocycles. The lowest BCUT2D eigenvalue weighted by molar-refractivity contribution is -0.138. The Kier molecular flexibility index (Phi) is 5.73. The Balaban J connectivity index is 3.52. The molecule has 13 heavy (non-hydrogen) atoms. The summed E-state index contributed by atoms with van der Waals surface area (Å²) in [4.78, 5) is 21.0. The molecule has 0 aliphatic heterocycles. The normalized spacial score (nSPS) is 9.00. The molecule has 0 aliphatic carbocycles. The number of ketones is 1. The van der Waals surface area contributed by atoms with Crippen molar-refractivity contribution in [3.8, 4) is 0 Å². The number of rotatable bonds is 5. The highest BCUT2D eigenvalue weighted by Crippen LogP contribution is 1.89. The predicted octanol–water partition coefficient (Wildman–Crippen LogP) is -1.24. The first-order valence-electron chi connectivity index (χ1n) is 3.54. The summed E-state index contributed by atoms with van der Waals surface area (Å²) in [6, 6.07) is 0. The fraction of sp³-hybridized carbons (Fsp3) is 0.500. The summed E-state index contributed by atoms with van der Waals surface area (Å²) in [6.07, 6.45) is -0.168. The van der Waals surface area contributed by atoms with Crippen molar-refractivity contribution >= 4 is 29.1 Å². The van der Waals surface area contributed by atoms with Crippen molar-refractivity contribution in [1.29, 1.82) is 0 Å². The van der Waals surface area contributed by atoms with Crippen LogP contribution in [0.5, 0.6) is 0 Å². The van der Waals surface area contributed by atoms with Crippen LogP contribution in [0.3, 0.4) is 0 Å². The lowest BCUT2D eigenvalue weighted by atomic mass is 10.2. The molecule has 0 amide bonds. The van der Waals surface area contributed by atoms with Crippen LogP contribution in [0.25, 0.3) is 0 Å². The van der Waals surface area contributed by atoms with Crippen LogP contribution in [-0.2, 0) is 9.59 Å². The summed E-state index contributed by atoms with van der Waals surface area (Å²) in [5, 5.41) is 10.9. The third kappa shape index (κ3) is 7.16. The van der Waals surface area contributed by atoms with E-state index < -0.39 is 5.97 Å². The zero-order valence-corrected chi connectivity index (χ0v) is 7.69. The van der Waals surface area contributed by atoms with Crippen LogP contribution in [0, 0.1) is 0 Å². The standard InChI is InChI=1S/C6H11N3O3S/c7-9-6(13)8-3-4(10)1-2-5(11)12/h1-3,7H2,(H,11,12)(H2,8,9,13). The minimum Gasteiger partial charge on any atom is -0.481 e. The summed E-state index contributed by atoms with van der Waals surface area (Å²) >= 11 is 4.59. The third-order valence-electron chi connectivity index (χ3n) is 1.19. The minimum atomic E-state index is -0.993. The second-order valence-electron chi connectivity index (χ2n) is 2.26. The van der Waals surface area contributed by atoms with Gasteiger partial charge in [-0.2, -0.15) is 0 Å². The van der Waals surface area contributed by atoms with Crippen molar-refractivity contribution in [3.05, 3.63) is 0 Å². The molecule has 0 aromatic rings. The fourth-order valence-electron chi connectivity index (χ4n) is 0.565. The summed E-state index contributed by atoms with van der Waals surface area (Å²) < 4.78 is 0. The number of Topliss-reactive ketones (excluding diaryl/α,β-unsaturated/α-hetero) is 1. The number of carboxylic acids is 1. The molecular formula is C6H11N3O3S. The highest BCUT2D eigenvalue weighted by molar-refractivity contribution is 7.80. The molecule has 0 heterocycles. The maximum absolute atomic E-state index is 10.9. The van der Waals surface area contributed by atoms with Gasteiger partial charge in [0.15, 0.2) is 10.9 Å². The minimum absolute atomic E-state index is 0.00366. The molecule has 0 saturated heterocycles. The molecule has 0 unspecified atom stereocenters. The molecule has 0 radical (unpaired) electrons. The van der Waals surface area contributed by atoms with Crippen molar-refractivity contribution < 1.29 is 14.7 Å². The second kappa shape index (κ2) is 6.32. The number of aliphatic carboxylic acids is 1. The molecule has 0 saturated carbocycles. The van der Waals surface area contributed by atoms with Gasteiger partial charge in [0.25, 0.3) is 0 Å².